The van der Waals surface area contributed by atoms with Gasteiger partial charge in [0.2, 0.25) is 0 Å². The summed E-state index contributed by atoms with van der Waals surface area (Å²) in [4.78, 5) is 9.53. The number of hydrogen-bond acceptors (Lipinski definition) is 3. The van der Waals surface area contributed by atoms with Crippen LogP contribution in [0, 0.1) is 5.92 Å². The molecule has 0 spiro atoms. The van der Waals surface area contributed by atoms with Gasteiger partial charge >= 0.3 is 0 Å². The van der Waals surface area contributed by atoms with Gasteiger partial charge < -0.3 is 0 Å². The Kier molecular flexibility index (Phi) is 5.54. The Bertz CT molecular complexity index is 1450. The van der Waals surface area contributed by atoms with Gasteiger partial charge in [0.05, 0.1) is 15.9 Å². The van der Waals surface area contributed by atoms with Crippen molar-refractivity contribution in [2.24, 2.45) is 5.92 Å². The van der Waals surface area contributed by atoms with E-state index in [-0.39, 0.29) is 5.41 Å². The zero-order valence-corrected chi connectivity index (χ0v) is 20.8. The van der Waals surface area contributed by atoms with E-state index in [0.29, 0.717) is 5.92 Å². The largest absolute Gasteiger partial charge is 0.256 e. The standard InChI is InChI=1S/C30H30N2S/c1-19(2)14-22-11-13-32-28-25(18-33-29(22)28)21-10-12-31-27(17-21)23-15-20-8-6-7-9-24(20)26(16-23)30(3,4)5/h6-13,15-19H,14H2,1-5H3. The van der Waals surface area contributed by atoms with E-state index in [0.717, 1.165) is 23.2 Å². The first-order valence-corrected chi connectivity index (χ1v) is 12.5. The van der Waals surface area contributed by atoms with Crippen LogP contribution in [0.3, 0.4) is 0 Å². The molecule has 3 aromatic heterocycles. The lowest BCUT2D eigenvalue weighted by Crippen LogP contribution is -2.12. The summed E-state index contributed by atoms with van der Waals surface area (Å²) in [5.74, 6) is 0.624. The van der Waals surface area contributed by atoms with Crippen LogP contribution in [0.4, 0.5) is 0 Å². The van der Waals surface area contributed by atoms with Gasteiger partial charge in [0, 0.05) is 28.9 Å². The lowest BCUT2D eigenvalue weighted by Gasteiger charge is -2.22. The number of rotatable bonds is 4. The summed E-state index contributed by atoms with van der Waals surface area (Å²) in [6.07, 6.45) is 4.96. The molecule has 5 rings (SSSR count). The van der Waals surface area contributed by atoms with Crippen molar-refractivity contribution in [3.05, 3.63) is 83.5 Å². The van der Waals surface area contributed by atoms with Crippen LogP contribution in [0.25, 0.3) is 43.4 Å². The van der Waals surface area contributed by atoms with Crippen molar-refractivity contribution >= 4 is 32.3 Å². The summed E-state index contributed by atoms with van der Waals surface area (Å²) in [6, 6.07) is 19.7. The van der Waals surface area contributed by atoms with Crippen molar-refractivity contribution in [2.45, 2.75) is 46.5 Å². The van der Waals surface area contributed by atoms with Crippen LogP contribution in [0.5, 0.6) is 0 Å². The van der Waals surface area contributed by atoms with Crippen LogP contribution in [0.15, 0.2) is 72.4 Å². The molecule has 0 aliphatic carbocycles. The van der Waals surface area contributed by atoms with Gasteiger partial charge in [-0.05, 0) is 75.5 Å². The van der Waals surface area contributed by atoms with Gasteiger partial charge in [-0.3, -0.25) is 9.97 Å². The Morgan fingerprint density at radius 2 is 1.67 bits per heavy atom. The van der Waals surface area contributed by atoms with Gasteiger partial charge in [0.25, 0.3) is 0 Å². The Morgan fingerprint density at radius 1 is 0.879 bits per heavy atom. The van der Waals surface area contributed by atoms with E-state index >= 15 is 0 Å². The topological polar surface area (TPSA) is 25.8 Å². The van der Waals surface area contributed by atoms with Gasteiger partial charge in [-0.1, -0.05) is 58.9 Å². The second-order valence-electron chi connectivity index (χ2n) is 10.3. The number of thiophene rings is 1. The highest BCUT2D eigenvalue weighted by Gasteiger charge is 2.19. The molecule has 166 valence electrons. The van der Waals surface area contributed by atoms with E-state index in [1.54, 1.807) is 11.3 Å². The Labute approximate surface area is 200 Å². The van der Waals surface area contributed by atoms with Crippen molar-refractivity contribution < 1.29 is 0 Å². The normalized spacial score (nSPS) is 12.2. The van der Waals surface area contributed by atoms with Crippen molar-refractivity contribution in [3.63, 3.8) is 0 Å². The molecule has 0 radical (unpaired) electrons. The molecule has 2 nitrogen and oxygen atoms in total. The Balaban J connectivity index is 1.64. The third kappa shape index (κ3) is 4.18. The Morgan fingerprint density at radius 3 is 2.45 bits per heavy atom. The van der Waals surface area contributed by atoms with Gasteiger partial charge in [0.1, 0.15) is 0 Å². The van der Waals surface area contributed by atoms with E-state index in [4.69, 9.17) is 9.97 Å². The van der Waals surface area contributed by atoms with Crippen LogP contribution in [-0.2, 0) is 11.8 Å². The molecule has 0 aliphatic rings. The quantitative estimate of drug-likeness (QED) is 0.274. The first-order valence-electron chi connectivity index (χ1n) is 11.7. The fourth-order valence-corrected chi connectivity index (χ4v) is 5.69. The minimum Gasteiger partial charge on any atom is -0.256 e. The van der Waals surface area contributed by atoms with Crippen molar-refractivity contribution in [3.8, 4) is 22.4 Å². The van der Waals surface area contributed by atoms with E-state index in [9.17, 15) is 0 Å². The minimum absolute atomic E-state index is 0.0491. The van der Waals surface area contributed by atoms with E-state index in [2.05, 4.69) is 94.6 Å². The SMILES string of the molecule is CC(C)Cc1ccnc2c(-c3ccnc(-c4cc(C(C)(C)C)c5ccccc5c4)c3)csc12. The molecule has 0 atom stereocenters. The maximum atomic E-state index is 4.77. The molecule has 0 saturated carbocycles. The molecule has 0 amide bonds. The highest BCUT2D eigenvalue weighted by Crippen LogP contribution is 2.38. The Hall–Kier alpha value is -3.04. The first-order chi connectivity index (χ1) is 15.8. The van der Waals surface area contributed by atoms with Crippen LogP contribution in [0.1, 0.15) is 45.7 Å². The molecular weight excluding hydrogens is 420 g/mol. The molecule has 2 aromatic carbocycles. The van der Waals surface area contributed by atoms with Crippen LogP contribution >= 0.6 is 11.3 Å². The number of nitrogens with zero attached hydrogens (tertiary/aromatic N) is 2. The van der Waals surface area contributed by atoms with Crippen molar-refractivity contribution in [2.75, 3.05) is 0 Å². The molecule has 0 bridgehead atoms. The lowest BCUT2D eigenvalue weighted by atomic mass is 9.82. The van der Waals surface area contributed by atoms with Crippen LogP contribution in [-0.4, -0.2) is 9.97 Å². The number of aromatic nitrogens is 2. The van der Waals surface area contributed by atoms with E-state index in [1.807, 2.05) is 12.4 Å². The highest BCUT2D eigenvalue weighted by atomic mass is 32.1. The van der Waals surface area contributed by atoms with E-state index in [1.165, 1.54) is 37.7 Å². The average molecular weight is 451 g/mol. The number of fused-ring (bicyclic) bond motifs is 2. The second-order valence-corrected chi connectivity index (χ2v) is 11.2. The molecule has 0 fully saturated rings. The van der Waals surface area contributed by atoms with Gasteiger partial charge in [-0.25, -0.2) is 0 Å². The summed E-state index contributed by atoms with van der Waals surface area (Å²) < 4.78 is 1.31. The third-order valence-corrected chi connectivity index (χ3v) is 7.25. The van der Waals surface area contributed by atoms with Gasteiger partial charge in [-0.2, -0.15) is 0 Å². The summed E-state index contributed by atoms with van der Waals surface area (Å²) >= 11 is 1.80. The predicted molar refractivity (Wildman–Crippen MR) is 143 cm³/mol. The lowest BCUT2D eigenvalue weighted by molar-refractivity contribution is 0.596. The summed E-state index contributed by atoms with van der Waals surface area (Å²) in [7, 11) is 0. The molecule has 0 unspecified atom stereocenters. The third-order valence-electron chi connectivity index (χ3n) is 6.20. The maximum absolute atomic E-state index is 4.77. The number of pyridine rings is 2. The smallest absolute Gasteiger partial charge is 0.0890 e. The fraction of sp³-hybridized carbons (Fsp3) is 0.267. The van der Waals surface area contributed by atoms with Gasteiger partial charge in [-0.15, -0.1) is 11.3 Å². The minimum atomic E-state index is 0.0491. The summed E-state index contributed by atoms with van der Waals surface area (Å²) in [6.45, 7) is 11.4. The maximum Gasteiger partial charge on any atom is 0.0890 e. The summed E-state index contributed by atoms with van der Waals surface area (Å²) in [5.41, 5.74) is 8.42. The monoisotopic (exact) mass is 450 g/mol. The first kappa shape index (κ1) is 21.8. The number of hydrogen-bond donors (Lipinski definition) is 0. The van der Waals surface area contributed by atoms with Crippen LogP contribution < -0.4 is 0 Å². The second kappa shape index (κ2) is 8.39. The zero-order chi connectivity index (χ0) is 23.2. The molecule has 3 heteroatoms. The molecule has 0 saturated heterocycles. The predicted octanol–water partition coefficient (Wildman–Crippen LogP) is 8.67. The molecule has 0 aliphatic heterocycles. The average Bonchev–Trinajstić information content (AvgIpc) is 3.23. The highest BCUT2D eigenvalue weighted by molar-refractivity contribution is 7.17. The van der Waals surface area contributed by atoms with Gasteiger partial charge in [0.15, 0.2) is 0 Å². The van der Waals surface area contributed by atoms with E-state index < -0.39 is 0 Å². The van der Waals surface area contributed by atoms with Crippen molar-refractivity contribution in [1.82, 2.24) is 9.97 Å². The molecule has 5 aromatic rings. The fourth-order valence-electron chi connectivity index (χ4n) is 4.63. The summed E-state index contributed by atoms with van der Waals surface area (Å²) in [5, 5.41) is 4.82. The molecule has 3 heterocycles. The zero-order valence-electron chi connectivity index (χ0n) is 20.0. The molecule has 33 heavy (non-hydrogen) atoms. The molecule has 0 N–H and O–H groups in total. The number of benzene rings is 2. The van der Waals surface area contributed by atoms with Crippen LogP contribution in [0.2, 0.25) is 0 Å². The van der Waals surface area contributed by atoms with Crippen molar-refractivity contribution in [1.29, 1.82) is 0 Å². The molecular formula is C30H30N2S.